The first-order valence-electron chi connectivity index (χ1n) is 9.85. The summed E-state index contributed by atoms with van der Waals surface area (Å²) in [5, 5.41) is 9.08. The molecule has 0 spiro atoms. The number of hydrogen-bond acceptors (Lipinski definition) is 3. The Labute approximate surface area is 168 Å². The highest BCUT2D eigenvalue weighted by Crippen LogP contribution is 2.24. The molecule has 0 radical (unpaired) electrons. The fourth-order valence-electron chi connectivity index (χ4n) is 3.83. The number of carbonyl (C=O) groups excluding carboxylic acids is 1. The molecule has 0 saturated carbocycles. The van der Waals surface area contributed by atoms with E-state index < -0.39 is 0 Å². The number of aromatic nitrogens is 3. The van der Waals surface area contributed by atoms with Crippen LogP contribution >= 0.6 is 0 Å². The van der Waals surface area contributed by atoms with E-state index >= 15 is 0 Å². The summed E-state index contributed by atoms with van der Waals surface area (Å²) in [4.78, 5) is 25.6. The lowest BCUT2D eigenvalue weighted by atomic mass is 10.0. The molecule has 1 amide bonds. The lowest BCUT2D eigenvalue weighted by Gasteiger charge is -2.17. The highest BCUT2D eigenvalue weighted by molar-refractivity contribution is 6.07. The van der Waals surface area contributed by atoms with Crippen molar-refractivity contribution in [2.24, 2.45) is 7.05 Å². The number of nitrogens with one attached hydrogen (secondary N) is 1. The number of para-hydroxylation sites is 1. The molecule has 4 rings (SSSR count). The van der Waals surface area contributed by atoms with Gasteiger partial charge in [0.15, 0.2) is 0 Å². The number of carbonyl (C=O) groups is 1. The van der Waals surface area contributed by atoms with E-state index in [4.69, 9.17) is 0 Å². The first kappa shape index (κ1) is 18.9. The first-order valence-corrected chi connectivity index (χ1v) is 9.85. The van der Waals surface area contributed by atoms with Gasteiger partial charge in [0.1, 0.15) is 12.1 Å². The number of hydrogen-bond donors (Lipinski definition) is 1. The van der Waals surface area contributed by atoms with E-state index in [1.807, 2.05) is 61.0 Å². The molecule has 29 heavy (non-hydrogen) atoms. The summed E-state index contributed by atoms with van der Waals surface area (Å²) >= 11 is 0. The van der Waals surface area contributed by atoms with Gasteiger partial charge in [-0.15, -0.1) is 0 Å². The van der Waals surface area contributed by atoms with Gasteiger partial charge in [-0.1, -0.05) is 55.5 Å². The third-order valence-electron chi connectivity index (χ3n) is 5.39. The predicted molar refractivity (Wildman–Crippen MR) is 115 cm³/mol. The molecule has 6 heteroatoms. The highest BCUT2D eigenvalue weighted by Gasteiger charge is 2.16. The maximum absolute atomic E-state index is 13.0. The number of amides is 1. The van der Waals surface area contributed by atoms with Crippen molar-refractivity contribution in [2.75, 3.05) is 0 Å². The molecule has 0 unspecified atom stereocenters. The molecule has 2 aromatic heterocycles. The molecule has 0 saturated heterocycles. The Kier molecular flexibility index (Phi) is 5.16. The van der Waals surface area contributed by atoms with Gasteiger partial charge in [0, 0.05) is 29.4 Å². The van der Waals surface area contributed by atoms with Crippen molar-refractivity contribution in [2.45, 2.75) is 32.4 Å². The fraction of sp³-hybridized carbons (Fsp3) is 0.261. The Bertz CT molecular complexity index is 1220. The third kappa shape index (κ3) is 3.66. The van der Waals surface area contributed by atoms with Gasteiger partial charge in [-0.25, -0.2) is 4.68 Å². The molecular weight excluding hydrogens is 364 g/mol. The summed E-state index contributed by atoms with van der Waals surface area (Å²) in [5.41, 5.74) is 2.45. The van der Waals surface area contributed by atoms with Crippen molar-refractivity contribution in [1.82, 2.24) is 19.7 Å². The van der Waals surface area contributed by atoms with E-state index in [0.29, 0.717) is 5.52 Å². The predicted octanol–water partition coefficient (Wildman–Crippen LogP) is 3.03. The maximum atomic E-state index is 13.0. The minimum atomic E-state index is -0.257. The van der Waals surface area contributed by atoms with Crippen LogP contribution in [0.15, 0.2) is 65.6 Å². The second-order valence-corrected chi connectivity index (χ2v) is 7.31. The van der Waals surface area contributed by atoms with E-state index in [1.165, 1.54) is 10.2 Å². The van der Waals surface area contributed by atoms with E-state index in [1.54, 1.807) is 6.20 Å². The average Bonchev–Trinajstić information content (AvgIpc) is 3.03. The fourth-order valence-corrected chi connectivity index (χ4v) is 3.83. The van der Waals surface area contributed by atoms with Gasteiger partial charge < -0.3 is 9.88 Å². The molecule has 1 N–H and O–H groups in total. The number of rotatable bonds is 6. The summed E-state index contributed by atoms with van der Waals surface area (Å²) in [6.07, 6.45) is 3.24. The van der Waals surface area contributed by atoms with Crippen molar-refractivity contribution in [3.8, 4) is 0 Å². The lowest BCUT2D eigenvalue weighted by Crippen LogP contribution is -2.40. The Hall–Kier alpha value is -3.41. The zero-order valence-corrected chi connectivity index (χ0v) is 16.6. The average molecular weight is 388 g/mol. The molecule has 0 bridgehead atoms. The van der Waals surface area contributed by atoms with E-state index in [2.05, 4.69) is 22.5 Å². The van der Waals surface area contributed by atoms with Gasteiger partial charge in [0.05, 0.1) is 6.20 Å². The highest BCUT2D eigenvalue weighted by atomic mass is 16.2. The Morgan fingerprint density at radius 3 is 2.55 bits per heavy atom. The van der Waals surface area contributed by atoms with Crippen LogP contribution in [0.3, 0.4) is 0 Å². The van der Waals surface area contributed by atoms with Crippen LogP contribution in [0.1, 0.15) is 18.9 Å². The van der Waals surface area contributed by atoms with Crippen molar-refractivity contribution in [1.29, 1.82) is 0 Å². The minimum absolute atomic E-state index is 0.0157. The monoisotopic (exact) mass is 388 g/mol. The van der Waals surface area contributed by atoms with Crippen molar-refractivity contribution >= 4 is 27.7 Å². The van der Waals surface area contributed by atoms with Crippen molar-refractivity contribution in [3.05, 3.63) is 76.7 Å². The molecule has 1 atom stereocenters. The van der Waals surface area contributed by atoms with Gasteiger partial charge in [0.25, 0.3) is 5.56 Å². The first-order chi connectivity index (χ1) is 14.1. The summed E-state index contributed by atoms with van der Waals surface area (Å²) in [6, 6.07) is 17.9. The number of fused-ring (bicyclic) bond motifs is 3. The van der Waals surface area contributed by atoms with Crippen molar-refractivity contribution < 1.29 is 4.79 Å². The Morgan fingerprint density at radius 2 is 1.79 bits per heavy atom. The molecule has 0 fully saturated rings. The van der Waals surface area contributed by atoms with Crippen LogP contribution in [-0.4, -0.2) is 26.3 Å². The standard InChI is InChI=1S/C23H24N4O2/c1-3-17(13-16-9-5-4-6-10-16)25-21(28)15-27-23(29)22-19(14-24-27)18-11-7-8-12-20(18)26(22)2/h4-12,14,17H,3,13,15H2,1-2H3,(H,25,28)/t17-/m1/s1. The largest absolute Gasteiger partial charge is 0.351 e. The van der Waals surface area contributed by atoms with Crippen LogP contribution in [-0.2, 0) is 24.8 Å². The minimum Gasteiger partial charge on any atom is -0.351 e. The summed E-state index contributed by atoms with van der Waals surface area (Å²) < 4.78 is 3.11. The van der Waals surface area contributed by atoms with Crippen LogP contribution in [0.25, 0.3) is 21.8 Å². The molecule has 0 aliphatic rings. The van der Waals surface area contributed by atoms with Gasteiger partial charge in [-0.3, -0.25) is 9.59 Å². The normalized spacial score (nSPS) is 12.3. The second kappa shape index (κ2) is 7.91. The quantitative estimate of drug-likeness (QED) is 0.552. The molecule has 148 valence electrons. The van der Waals surface area contributed by atoms with Gasteiger partial charge in [-0.05, 0) is 24.5 Å². The van der Waals surface area contributed by atoms with Crippen molar-refractivity contribution in [3.63, 3.8) is 0 Å². The zero-order chi connectivity index (χ0) is 20.4. The molecule has 0 aliphatic heterocycles. The topological polar surface area (TPSA) is 68.9 Å². The van der Waals surface area contributed by atoms with Gasteiger partial charge in [0.2, 0.25) is 5.91 Å². The second-order valence-electron chi connectivity index (χ2n) is 7.31. The SMILES string of the molecule is CC[C@H](Cc1ccccc1)NC(=O)Cn1ncc2c3ccccc3n(C)c2c1=O. The van der Waals surface area contributed by atoms with Gasteiger partial charge >= 0.3 is 0 Å². The zero-order valence-electron chi connectivity index (χ0n) is 16.6. The molecule has 2 heterocycles. The lowest BCUT2D eigenvalue weighted by molar-refractivity contribution is -0.122. The molecule has 6 nitrogen and oxygen atoms in total. The smallest absolute Gasteiger partial charge is 0.291 e. The van der Waals surface area contributed by atoms with Crippen LogP contribution in [0.5, 0.6) is 0 Å². The Balaban J connectivity index is 1.56. The summed E-state index contributed by atoms with van der Waals surface area (Å²) in [6.45, 7) is 1.95. The molecule has 4 aromatic rings. The van der Waals surface area contributed by atoms with E-state index in [9.17, 15) is 9.59 Å². The van der Waals surface area contributed by atoms with E-state index in [-0.39, 0.29) is 24.1 Å². The van der Waals surface area contributed by atoms with Gasteiger partial charge in [-0.2, -0.15) is 5.10 Å². The Morgan fingerprint density at radius 1 is 1.07 bits per heavy atom. The molecular formula is C23H24N4O2. The van der Waals surface area contributed by atoms with Crippen LogP contribution in [0, 0.1) is 0 Å². The third-order valence-corrected chi connectivity index (χ3v) is 5.39. The van der Waals surface area contributed by atoms with Crippen LogP contribution < -0.4 is 10.9 Å². The molecule has 2 aromatic carbocycles. The van der Waals surface area contributed by atoms with E-state index in [0.717, 1.165) is 29.1 Å². The maximum Gasteiger partial charge on any atom is 0.291 e. The van der Waals surface area contributed by atoms with Crippen LogP contribution in [0.2, 0.25) is 0 Å². The number of benzene rings is 2. The summed E-state index contributed by atoms with van der Waals surface area (Å²) in [7, 11) is 1.86. The van der Waals surface area contributed by atoms with Crippen LogP contribution in [0.4, 0.5) is 0 Å². The number of aryl methyl sites for hydroxylation is 1. The number of nitrogens with zero attached hydrogens (tertiary/aromatic N) is 3. The molecule has 0 aliphatic carbocycles. The summed E-state index contributed by atoms with van der Waals surface area (Å²) in [5.74, 6) is -0.208.